The molecule has 29 heavy (non-hydrogen) atoms. The number of Topliss-reactive ketones (excluding diaryl/α,β-unsaturated/α-hetero) is 1. The van der Waals surface area contributed by atoms with E-state index in [1.165, 1.54) is 32.0 Å². The molecule has 0 saturated carbocycles. The fourth-order valence-corrected chi connectivity index (χ4v) is 2.77. The maximum atomic E-state index is 12.3. The second-order valence-corrected chi connectivity index (χ2v) is 6.51. The standard InChI is InChI=1S/C21H22N2O6/c1-14-5-3-7-18(20(14)23(27)28)21(26)29-13-19(25)17-10-8-16(9-11-17)6-4-12-22-15(2)24/h3,5,7-11H,4,6,12-13H2,1-2H3,(H,22,24). The van der Waals surface area contributed by atoms with Crippen molar-refractivity contribution in [3.05, 3.63) is 74.8 Å². The van der Waals surface area contributed by atoms with Gasteiger partial charge in [0.2, 0.25) is 5.91 Å². The summed E-state index contributed by atoms with van der Waals surface area (Å²) < 4.78 is 4.99. The molecule has 0 fully saturated rings. The molecule has 0 saturated heterocycles. The molecule has 0 aliphatic carbocycles. The number of esters is 1. The Balaban J connectivity index is 1.92. The van der Waals surface area contributed by atoms with Gasteiger partial charge in [-0.1, -0.05) is 36.4 Å². The third-order valence-corrected chi connectivity index (χ3v) is 4.27. The normalized spacial score (nSPS) is 10.3. The molecule has 1 N–H and O–H groups in total. The van der Waals surface area contributed by atoms with Crippen molar-refractivity contribution in [1.82, 2.24) is 5.32 Å². The molecule has 0 atom stereocenters. The first-order chi connectivity index (χ1) is 13.8. The molecular formula is C21H22N2O6. The highest BCUT2D eigenvalue weighted by molar-refractivity contribution is 6.00. The first-order valence-corrected chi connectivity index (χ1v) is 9.07. The van der Waals surface area contributed by atoms with E-state index in [1.807, 2.05) is 0 Å². The number of nitro benzene ring substituents is 1. The summed E-state index contributed by atoms with van der Waals surface area (Å²) in [6, 6.07) is 11.2. The number of aryl methyl sites for hydroxylation is 2. The van der Waals surface area contributed by atoms with E-state index in [4.69, 9.17) is 4.74 Å². The number of para-hydroxylation sites is 1. The van der Waals surface area contributed by atoms with Crippen LogP contribution < -0.4 is 5.32 Å². The van der Waals surface area contributed by atoms with Crippen molar-refractivity contribution < 1.29 is 24.0 Å². The van der Waals surface area contributed by atoms with Crippen LogP contribution in [0.25, 0.3) is 0 Å². The van der Waals surface area contributed by atoms with Crippen LogP contribution in [0.2, 0.25) is 0 Å². The Kier molecular flexibility index (Phi) is 7.59. The number of carbonyl (C=O) groups excluding carboxylic acids is 3. The van der Waals surface area contributed by atoms with Crippen LogP contribution in [0.3, 0.4) is 0 Å². The van der Waals surface area contributed by atoms with Crippen LogP contribution in [0.15, 0.2) is 42.5 Å². The zero-order chi connectivity index (χ0) is 21.4. The number of rotatable bonds is 9. The summed E-state index contributed by atoms with van der Waals surface area (Å²) in [5, 5.41) is 13.9. The third-order valence-electron chi connectivity index (χ3n) is 4.27. The second kappa shape index (κ2) is 10.1. The zero-order valence-electron chi connectivity index (χ0n) is 16.3. The van der Waals surface area contributed by atoms with Crippen molar-refractivity contribution in [2.75, 3.05) is 13.2 Å². The van der Waals surface area contributed by atoms with Crippen LogP contribution in [0.5, 0.6) is 0 Å². The minimum absolute atomic E-state index is 0.0727. The molecule has 0 unspecified atom stereocenters. The van der Waals surface area contributed by atoms with Gasteiger partial charge in [-0.25, -0.2) is 4.79 Å². The SMILES string of the molecule is CC(=O)NCCCc1ccc(C(=O)COC(=O)c2cccc(C)c2[N+](=O)[O-])cc1. The molecular weight excluding hydrogens is 376 g/mol. The molecule has 1 amide bonds. The Morgan fingerprint density at radius 1 is 1.10 bits per heavy atom. The summed E-state index contributed by atoms with van der Waals surface area (Å²) in [6.07, 6.45) is 1.53. The number of hydrogen-bond acceptors (Lipinski definition) is 6. The van der Waals surface area contributed by atoms with Gasteiger partial charge in [-0.15, -0.1) is 0 Å². The van der Waals surface area contributed by atoms with Crippen molar-refractivity contribution in [3.8, 4) is 0 Å². The Morgan fingerprint density at radius 2 is 1.79 bits per heavy atom. The molecule has 0 bridgehead atoms. The minimum Gasteiger partial charge on any atom is -0.454 e. The average Bonchev–Trinajstić information content (AvgIpc) is 2.69. The highest BCUT2D eigenvalue weighted by Gasteiger charge is 2.24. The van der Waals surface area contributed by atoms with E-state index in [9.17, 15) is 24.5 Å². The molecule has 2 aromatic rings. The van der Waals surface area contributed by atoms with Gasteiger partial charge in [-0.2, -0.15) is 0 Å². The number of amides is 1. The van der Waals surface area contributed by atoms with Crippen LogP contribution in [-0.2, 0) is 16.0 Å². The Bertz CT molecular complexity index is 921. The van der Waals surface area contributed by atoms with Gasteiger partial charge >= 0.3 is 5.97 Å². The minimum atomic E-state index is -0.914. The summed E-state index contributed by atoms with van der Waals surface area (Å²) >= 11 is 0. The Labute approximate surface area is 168 Å². The van der Waals surface area contributed by atoms with Gasteiger partial charge in [-0.3, -0.25) is 19.7 Å². The number of carbonyl (C=O) groups is 3. The van der Waals surface area contributed by atoms with E-state index in [0.717, 1.165) is 18.4 Å². The average molecular weight is 398 g/mol. The van der Waals surface area contributed by atoms with Gasteiger partial charge in [0.05, 0.1) is 4.92 Å². The lowest BCUT2D eigenvalue weighted by atomic mass is 10.1. The summed E-state index contributed by atoms with van der Waals surface area (Å²) in [6.45, 7) is 3.06. The van der Waals surface area contributed by atoms with Crippen LogP contribution in [0.4, 0.5) is 5.69 Å². The molecule has 2 aromatic carbocycles. The highest BCUT2D eigenvalue weighted by Crippen LogP contribution is 2.23. The van der Waals surface area contributed by atoms with Crippen molar-refractivity contribution in [1.29, 1.82) is 0 Å². The van der Waals surface area contributed by atoms with Gasteiger partial charge in [0.25, 0.3) is 5.69 Å². The smallest absolute Gasteiger partial charge is 0.345 e. The topological polar surface area (TPSA) is 116 Å². The lowest BCUT2D eigenvalue weighted by molar-refractivity contribution is -0.385. The number of nitrogens with zero attached hydrogens (tertiary/aromatic N) is 1. The molecule has 8 heteroatoms. The summed E-state index contributed by atoms with van der Waals surface area (Å²) in [4.78, 5) is 45.8. The maximum absolute atomic E-state index is 12.3. The van der Waals surface area contributed by atoms with Gasteiger partial charge in [0.1, 0.15) is 5.56 Å². The van der Waals surface area contributed by atoms with Gasteiger partial charge in [-0.05, 0) is 31.4 Å². The van der Waals surface area contributed by atoms with E-state index in [-0.39, 0.29) is 17.2 Å². The van der Waals surface area contributed by atoms with E-state index in [1.54, 1.807) is 24.3 Å². The van der Waals surface area contributed by atoms with Crippen LogP contribution in [0.1, 0.15) is 45.2 Å². The molecule has 152 valence electrons. The number of benzene rings is 2. The first kappa shape index (κ1) is 21.7. The van der Waals surface area contributed by atoms with E-state index < -0.39 is 23.3 Å². The maximum Gasteiger partial charge on any atom is 0.345 e. The lowest BCUT2D eigenvalue weighted by Gasteiger charge is -2.07. The second-order valence-electron chi connectivity index (χ2n) is 6.51. The van der Waals surface area contributed by atoms with E-state index in [0.29, 0.717) is 17.7 Å². The van der Waals surface area contributed by atoms with E-state index >= 15 is 0 Å². The fraction of sp³-hybridized carbons (Fsp3) is 0.286. The Morgan fingerprint density at radius 3 is 2.41 bits per heavy atom. The summed E-state index contributed by atoms with van der Waals surface area (Å²) in [7, 11) is 0. The number of ether oxygens (including phenoxy) is 1. The third kappa shape index (κ3) is 6.24. The molecule has 8 nitrogen and oxygen atoms in total. The fourth-order valence-electron chi connectivity index (χ4n) is 2.77. The van der Waals surface area contributed by atoms with Gasteiger partial charge in [0, 0.05) is 24.6 Å². The number of hydrogen-bond donors (Lipinski definition) is 1. The molecule has 0 aromatic heterocycles. The van der Waals surface area contributed by atoms with Crippen LogP contribution in [-0.4, -0.2) is 35.7 Å². The van der Waals surface area contributed by atoms with Crippen molar-refractivity contribution in [3.63, 3.8) is 0 Å². The number of nitrogens with one attached hydrogen (secondary N) is 1. The van der Waals surface area contributed by atoms with Crippen LogP contribution in [0, 0.1) is 17.0 Å². The Hall–Kier alpha value is -3.55. The molecule has 0 aliphatic rings. The predicted molar refractivity (Wildman–Crippen MR) is 106 cm³/mol. The number of ketones is 1. The molecule has 2 rings (SSSR count). The van der Waals surface area contributed by atoms with Crippen LogP contribution >= 0.6 is 0 Å². The largest absolute Gasteiger partial charge is 0.454 e. The highest BCUT2D eigenvalue weighted by atomic mass is 16.6. The molecule has 0 heterocycles. The first-order valence-electron chi connectivity index (χ1n) is 9.07. The van der Waals surface area contributed by atoms with Crippen molar-refractivity contribution >= 4 is 23.3 Å². The van der Waals surface area contributed by atoms with E-state index in [2.05, 4.69) is 5.32 Å². The predicted octanol–water partition coefficient (Wildman–Crippen LogP) is 3.01. The quantitative estimate of drug-likeness (QED) is 0.228. The molecule has 0 spiro atoms. The monoisotopic (exact) mass is 398 g/mol. The molecule has 0 radical (unpaired) electrons. The van der Waals surface area contributed by atoms with Crippen molar-refractivity contribution in [2.24, 2.45) is 0 Å². The lowest BCUT2D eigenvalue weighted by Crippen LogP contribution is -2.21. The number of nitro groups is 1. The summed E-state index contributed by atoms with van der Waals surface area (Å²) in [5.41, 5.74) is 1.22. The van der Waals surface area contributed by atoms with Gasteiger partial charge in [0.15, 0.2) is 12.4 Å². The summed E-state index contributed by atoms with van der Waals surface area (Å²) in [5.74, 6) is -1.39. The zero-order valence-corrected chi connectivity index (χ0v) is 16.3. The van der Waals surface area contributed by atoms with Gasteiger partial charge < -0.3 is 10.1 Å². The molecule has 0 aliphatic heterocycles. The van der Waals surface area contributed by atoms with Crippen molar-refractivity contribution in [2.45, 2.75) is 26.7 Å².